The number of para-hydroxylation sites is 4. The van der Waals surface area contributed by atoms with Gasteiger partial charge in [0, 0.05) is 55.1 Å². The fourth-order valence-corrected chi connectivity index (χ4v) is 9.62. The molecular formula is C56H35N5O. The molecule has 13 rings (SSSR count). The third kappa shape index (κ3) is 5.17. The lowest BCUT2D eigenvalue weighted by molar-refractivity contribution is 0.673. The van der Waals surface area contributed by atoms with Gasteiger partial charge in [0.1, 0.15) is 11.2 Å². The first-order valence-electron chi connectivity index (χ1n) is 20.9. The first kappa shape index (κ1) is 34.4. The van der Waals surface area contributed by atoms with Gasteiger partial charge in [-0.25, -0.2) is 0 Å². The first-order valence-corrected chi connectivity index (χ1v) is 20.9. The van der Waals surface area contributed by atoms with Crippen LogP contribution in [-0.2, 0) is 0 Å². The van der Waals surface area contributed by atoms with Crippen molar-refractivity contribution >= 4 is 65.6 Å². The number of hydrogen-bond donors (Lipinski definition) is 0. The van der Waals surface area contributed by atoms with E-state index in [1.165, 1.54) is 10.8 Å². The molecule has 0 spiro atoms. The lowest BCUT2D eigenvalue weighted by Gasteiger charge is -2.13. The van der Waals surface area contributed by atoms with Gasteiger partial charge in [-0.1, -0.05) is 127 Å². The van der Waals surface area contributed by atoms with Gasteiger partial charge in [0.25, 0.3) is 0 Å². The predicted octanol–water partition coefficient (Wildman–Crippen LogP) is 14.4. The summed E-state index contributed by atoms with van der Waals surface area (Å²) in [5.74, 6) is 1.60. The minimum atomic E-state index is 0.793. The summed E-state index contributed by atoms with van der Waals surface area (Å²) >= 11 is 0. The Kier molecular flexibility index (Phi) is 7.50. The highest BCUT2D eigenvalue weighted by molar-refractivity contribution is 6.24. The van der Waals surface area contributed by atoms with Crippen LogP contribution < -0.4 is 0 Å². The van der Waals surface area contributed by atoms with Crippen LogP contribution in [0, 0.1) is 0 Å². The summed E-state index contributed by atoms with van der Waals surface area (Å²) in [4.78, 5) is 0. The van der Waals surface area contributed by atoms with E-state index in [4.69, 9.17) is 14.6 Å². The van der Waals surface area contributed by atoms with Gasteiger partial charge in [0.2, 0.25) is 0 Å². The molecule has 9 aromatic carbocycles. The molecule has 4 heterocycles. The van der Waals surface area contributed by atoms with Crippen molar-refractivity contribution in [3.63, 3.8) is 0 Å². The minimum absolute atomic E-state index is 0.793. The molecule has 0 saturated carbocycles. The number of aromatic nitrogens is 5. The summed E-state index contributed by atoms with van der Waals surface area (Å²) in [6.45, 7) is 0. The van der Waals surface area contributed by atoms with Gasteiger partial charge in [-0.15, -0.1) is 10.2 Å². The molecule has 0 unspecified atom stereocenters. The van der Waals surface area contributed by atoms with Crippen molar-refractivity contribution < 1.29 is 4.42 Å². The van der Waals surface area contributed by atoms with Gasteiger partial charge in [-0.05, 0) is 96.1 Å². The van der Waals surface area contributed by atoms with Crippen LogP contribution >= 0.6 is 0 Å². The average Bonchev–Trinajstić information content (AvgIpc) is 4.12. The topological polar surface area (TPSA) is 53.7 Å². The molecule has 0 fully saturated rings. The third-order valence-electron chi connectivity index (χ3n) is 12.4. The summed E-state index contributed by atoms with van der Waals surface area (Å²) in [6.07, 6.45) is 0. The average molecular weight is 794 g/mol. The van der Waals surface area contributed by atoms with Gasteiger partial charge < -0.3 is 13.6 Å². The Labute approximate surface area is 355 Å². The molecule has 0 saturated heterocycles. The molecule has 0 N–H and O–H groups in total. The first-order chi connectivity index (χ1) is 30.8. The Morgan fingerprint density at radius 3 is 1.58 bits per heavy atom. The second-order valence-corrected chi connectivity index (χ2v) is 15.9. The van der Waals surface area contributed by atoms with E-state index in [1.807, 2.05) is 30.3 Å². The van der Waals surface area contributed by atoms with Gasteiger partial charge in [-0.3, -0.25) is 4.57 Å². The van der Waals surface area contributed by atoms with Crippen molar-refractivity contribution in [1.82, 2.24) is 23.9 Å². The fourth-order valence-electron chi connectivity index (χ4n) is 9.62. The summed E-state index contributed by atoms with van der Waals surface area (Å²) in [6, 6.07) is 75.1. The van der Waals surface area contributed by atoms with Crippen molar-refractivity contribution in [2.24, 2.45) is 0 Å². The van der Waals surface area contributed by atoms with Crippen molar-refractivity contribution in [3.05, 3.63) is 212 Å². The highest BCUT2D eigenvalue weighted by Crippen LogP contribution is 2.42. The quantitative estimate of drug-likeness (QED) is 0.168. The number of fused-ring (bicyclic) bond motifs is 10. The Bertz CT molecular complexity index is 3870. The van der Waals surface area contributed by atoms with Crippen LogP contribution in [0.4, 0.5) is 0 Å². The molecule has 4 aromatic heterocycles. The zero-order valence-electron chi connectivity index (χ0n) is 33.4. The van der Waals surface area contributed by atoms with Crippen LogP contribution in [0.3, 0.4) is 0 Å². The van der Waals surface area contributed by atoms with E-state index in [2.05, 4.69) is 196 Å². The standard InChI is InChI=1S/C56H35N5O/c1-3-15-36(16-4-1)55-57-58-56(61(55)40-19-5-2-6-20-40)39-29-31-50-47(35-39)43-23-7-10-26-48(43)59(50)41-21-13-17-37(33-41)38-18-14-22-42(34-38)60-49-27-11-8-25-46(49)53-51(60)32-30-45-44-24-9-12-28-52(44)62-54(45)53/h1-35H. The van der Waals surface area contributed by atoms with E-state index in [0.29, 0.717) is 0 Å². The molecule has 0 aliphatic heterocycles. The number of furan rings is 1. The van der Waals surface area contributed by atoms with Crippen LogP contribution in [0.2, 0.25) is 0 Å². The van der Waals surface area contributed by atoms with E-state index < -0.39 is 0 Å². The van der Waals surface area contributed by atoms with Gasteiger partial charge in [0.05, 0.1) is 27.5 Å². The molecule has 62 heavy (non-hydrogen) atoms. The number of benzene rings is 9. The highest BCUT2D eigenvalue weighted by Gasteiger charge is 2.21. The van der Waals surface area contributed by atoms with Gasteiger partial charge in [0.15, 0.2) is 11.6 Å². The van der Waals surface area contributed by atoms with Crippen molar-refractivity contribution in [3.8, 4) is 51.0 Å². The largest absolute Gasteiger partial charge is 0.455 e. The maximum Gasteiger partial charge on any atom is 0.168 e. The van der Waals surface area contributed by atoms with E-state index in [0.717, 1.165) is 106 Å². The van der Waals surface area contributed by atoms with Crippen LogP contribution in [0.1, 0.15) is 0 Å². The Hall–Kier alpha value is -8.48. The van der Waals surface area contributed by atoms with Crippen molar-refractivity contribution in [2.45, 2.75) is 0 Å². The zero-order valence-corrected chi connectivity index (χ0v) is 33.4. The number of nitrogens with zero attached hydrogens (tertiary/aromatic N) is 5. The molecule has 0 amide bonds. The molecule has 290 valence electrons. The maximum atomic E-state index is 6.57. The van der Waals surface area contributed by atoms with Crippen molar-refractivity contribution in [1.29, 1.82) is 0 Å². The Morgan fingerprint density at radius 1 is 0.306 bits per heavy atom. The Morgan fingerprint density at radius 2 is 0.839 bits per heavy atom. The molecule has 0 radical (unpaired) electrons. The van der Waals surface area contributed by atoms with E-state index in [1.54, 1.807) is 0 Å². The number of hydrogen-bond acceptors (Lipinski definition) is 3. The van der Waals surface area contributed by atoms with E-state index in [-0.39, 0.29) is 0 Å². The van der Waals surface area contributed by atoms with Crippen LogP contribution in [-0.4, -0.2) is 23.9 Å². The molecule has 0 bridgehead atoms. The Balaban J connectivity index is 0.941. The van der Waals surface area contributed by atoms with Gasteiger partial charge in [-0.2, -0.15) is 0 Å². The monoisotopic (exact) mass is 793 g/mol. The van der Waals surface area contributed by atoms with E-state index >= 15 is 0 Å². The normalized spacial score (nSPS) is 11.9. The molecule has 13 aromatic rings. The van der Waals surface area contributed by atoms with E-state index in [9.17, 15) is 0 Å². The molecule has 6 heteroatoms. The lowest BCUT2D eigenvalue weighted by atomic mass is 10.0. The third-order valence-corrected chi connectivity index (χ3v) is 12.4. The SMILES string of the molecule is c1ccc(-c2nnc(-c3ccc4c(c3)c3ccccc3n4-c3cccc(-c4cccc(-n5c6ccccc6c6c7oc8ccccc8c7ccc65)c4)c3)n2-c2ccccc2)cc1. The van der Waals surface area contributed by atoms with Crippen LogP contribution in [0.5, 0.6) is 0 Å². The summed E-state index contributed by atoms with van der Waals surface area (Å²) in [5.41, 5.74) is 13.8. The van der Waals surface area contributed by atoms with Crippen LogP contribution in [0.15, 0.2) is 217 Å². The van der Waals surface area contributed by atoms with Crippen LogP contribution in [0.25, 0.3) is 117 Å². The fraction of sp³-hybridized carbons (Fsp3) is 0. The zero-order chi connectivity index (χ0) is 40.7. The van der Waals surface area contributed by atoms with Crippen molar-refractivity contribution in [2.75, 3.05) is 0 Å². The highest BCUT2D eigenvalue weighted by atomic mass is 16.3. The molecule has 0 atom stereocenters. The molecule has 0 aliphatic rings. The second-order valence-electron chi connectivity index (χ2n) is 15.9. The summed E-state index contributed by atoms with van der Waals surface area (Å²) < 4.78 is 13.5. The predicted molar refractivity (Wildman–Crippen MR) is 254 cm³/mol. The lowest BCUT2D eigenvalue weighted by Crippen LogP contribution is -2.00. The maximum absolute atomic E-state index is 6.57. The summed E-state index contributed by atoms with van der Waals surface area (Å²) in [7, 11) is 0. The minimum Gasteiger partial charge on any atom is -0.455 e. The molecular weight excluding hydrogens is 759 g/mol. The summed E-state index contributed by atoms with van der Waals surface area (Å²) in [5, 5.41) is 16.5. The second kappa shape index (κ2) is 13.5. The molecule has 6 nitrogen and oxygen atoms in total. The number of rotatable bonds is 6. The smallest absolute Gasteiger partial charge is 0.168 e. The van der Waals surface area contributed by atoms with Gasteiger partial charge >= 0.3 is 0 Å². The molecule has 0 aliphatic carbocycles.